The van der Waals surface area contributed by atoms with Gasteiger partial charge in [0.05, 0.1) is 11.9 Å². The lowest BCUT2D eigenvalue weighted by atomic mass is 9.99. The van der Waals surface area contributed by atoms with Gasteiger partial charge in [0.25, 0.3) is 0 Å². The molecule has 1 amide bonds. The normalized spacial score (nSPS) is 13.6. The third-order valence-corrected chi connectivity index (χ3v) is 6.31. The second-order valence-corrected chi connectivity index (χ2v) is 8.63. The van der Waals surface area contributed by atoms with E-state index in [1.54, 1.807) is 0 Å². The van der Waals surface area contributed by atoms with E-state index in [4.69, 9.17) is 5.73 Å². The number of amides is 1. The smallest absolute Gasteiger partial charge is 0.248 e. The monoisotopic (exact) mass is 482 g/mol. The van der Waals surface area contributed by atoms with Gasteiger partial charge in [0, 0.05) is 48.7 Å². The van der Waals surface area contributed by atoms with Crippen molar-refractivity contribution in [2.24, 2.45) is 5.73 Å². The van der Waals surface area contributed by atoms with Gasteiger partial charge in [-0.05, 0) is 43.3 Å². The van der Waals surface area contributed by atoms with Crippen LogP contribution in [0.4, 0.5) is 28.8 Å². The standard InChI is InChI=1S/C27H30N8O/c1-4-34-10-12-35(13-11-34)22-14-18(2)24(23(15-22)19(3)25(29)36)32-27-30-17-20(16-28)26(33-27)31-21-8-6-5-7-9-21/h5-9,14-15,17H,3-4,10-13H2,1-2H3,(H2,29,36)(H2,30,31,32,33). The Kier molecular flexibility index (Phi) is 7.47. The van der Waals surface area contributed by atoms with Gasteiger partial charge in [-0.2, -0.15) is 10.2 Å². The molecule has 0 atom stereocenters. The van der Waals surface area contributed by atoms with Crippen molar-refractivity contribution in [1.82, 2.24) is 14.9 Å². The van der Waals surface area contributed by atoms with Crippen LogP contribution >= 0.6 is 0 Å². The average Bonchev–Trinajstić information content (AvgIpc) is 2.90. The fourth-order valence-electron chi connectivity index (χ4n) is 4.20. The van der Waals surface area contributed by atoms with Gasteiger partial charge in [0.15, 0.2) is 5.82 Å². The summed E-state index contributed by atoms with van der Waals surface area (Å²) in [6, 6.07) is 15.6. The number of hydrogen-bond acceptors (Lipinski definition) is 8. The van der Waals surface area contributed by atoms with Crippen LogP contribution in [0.2, 0.25) is 0 Å². The van der Waals surface area contributed by atoms with E-state index >= 15 is 0 Å². The largest absolute Gasteiger partial charge is 0.369 e. The van der Waals surface area contributed by atoms with E-state index in [2.05, 4.69) is 56.0 Å². The zero-order valence-corrected chi connectivity index (χ0v) is 20.6. The highest BCUT2D eigenvalue weighted by molar-refractivity contribution is 6.20. The lowest BCUT2D eigenvalue weighted by Gasteiger charge is -2.36. The average molecular weight is 483 g/mol. The lowest BCUT2D eigenvalue weighted by molar-refractivity contribution is -0.112. The Morgan fingerprint density at radius 3 is 2.53 bits per heavy atom. The number of nitrogens with zero attached hydrogens (tertiary/aromatic N) is 5. The number of anilines is 5. The molecule has 4 N–H and O–H groups in total. The summed E-state index contributed by atoms with van der Waals surface area (Å²) in [7, 11) is 0. The topological polar surface area (TPSA) is 123 Å². The number of benzene rings is 2. The van der Waals surface area contributed by atoms with Crippen LogP contribution in [-0.4, -0.2) is 53.5 Å². The minimum absolute atomic E-state index is 0.200. The second-order valence-electron chi connectivity index (χ2n) is 8.63. The summed E-state index contributed by atoms with van der Waals surface area (Å²) >= 11 is 0. The van der Waals surface area contributed by atoms with Gasteiger partial charge in [0.2, 0.25) is 11.9 Å². The minimum Gasteiger partial charge on any atom is -0.369 e. The maximum atomic E-state index is 12.1. The molecule has 2 aromatic carbocycles. The fraction of sp³-hybridized carbons (Fsp3) is 0.259. The molecule has 0 spiro atoms. The zero-order chi connectivity index (χ0) is 25.7. The summed E-state index contributed by atoms with van der Waals surface area (Å²) in [6.07, 6.45) is 1.46. The Morgan fingerprint density at radius 1 is 1.17 bits per heavy atom. The number of nitriles is 1. The number of carbonyl (C=O) groups is 1. The Hall–Kier alpha value is -4.42. The number of aromatic nitrogens is 2. The van der Waals surface area contributed by atoms with E-state index in [1.807, 2.05) is 43.3 Å². The minimum atomic E-state index is -0.599. The molecule has 2 heterocycles. The first-order valence-corrected chi connectivity index (χ1v) is 11.9. The van der Waals surface area contributed by atoms with Crippen LogP contribution < -0.4 is 21.3 Å². The molecule has 9 heteroatoms. The molecule has 1 fully saturated rings. The molecule has 1 aromatic heterocycles. The van der Waals surface area contributed by atoms with E-state index in [-0.39, 0.29) is 11.5 Å². The van der Waals surface area contributed by atoms with Crippen LogP contribution in [0.1, 0.15) is 23.6 Å². The molecular weight excluding hydrogens is 452 g/mol. The third-order valence-electron chi connectivity index (χ3n) is 6.31. The summed E-state index contributed by atoms with van der Waals surface area (Å²) in [6.45, 7) is 12.9. The number of para-hydroxylation sites is 1. The Balaban J connectivity index is 1.68. The number of aryl methyl sites for hydroxylation is 1. The zero-order valence-electron chi connectivity index (χ0n) is 20.6. The molecule has 3 aromatic rings. The van der Waals surface area contributed by atoms with Gasteiger partial charge >= 0.3 is 0 Å². The van der Waals surface area contributed by atoms with Crippen LogP contribution in [0.3, 0.4) is 0 Å². The molecule has 1 aliphatic heterocycles. The van der Waals surface area contributed by atoms with Crippen LogP contribution in [0, 0.1) is 18.3 Å². The molecule has 0 saturated carbocycles. The van der Waals surface area contributed by atoms with E-state index in [1.165, 1.54) is 6.20 Å². The highest BCUT2D eigenvalue weighted by atomic mass is 16.1. The Bertz CT molecular complexity index is 1310. The number of likely N-dealkylation sites (N-methyl/N-ethyl adjacent to an activating group) is 1. The van der Waals surface area contributed by atoms with E-state index < -0.39 is 5.91 Å². The first-order valence-electron chi connectivity index (χ1n) is 11.9. The molecule has 0 unspecified atom stereocenters. The van der Waals surface area contributed by atoms with Crippen molar-refractivity contribution in [3.05, 3.63) is 71.9 Å². The maximum absolute atomic E-state index is 12.1. The van der Waals surface area contributed by atoms with Gasteiger partial charge in [-0.15, -0.1) is 0 Å². The van der Waals surface area contributed by atoms with Crippen LogP contribution in [0.15, 0.2) is 55.2 Å². The van der Waals surface area contributed by atoms with Crippen molar-refractivity contribution in [2.75, 3.05) is 48.3 Å². The van der Waals surface area contributed by atoms with E-state index in [0.717, 1.165) is 49.7 Å². The number of nitrogens with two attached hydrogens (primary N) is 1. The predicted octanol–water partition coefficient (Wildman–Crippen LogP) is 3.78. The molecule has 36 heavy (non-hydrogen) atoms. The number of carbonyl (C=O) groups excluding carboxylic acids is 1. The predicted molar refractivity (Wildman–Crippen MR) is 143 cm³/mol. The molecule has 184 valence electrons. The van der Waals surface area contributed by atoms with Crippen molar-refractivity contribution in [3.63, 3.8) is 0 Å². The van der Waals surface area contributed by atoms with Gasteiger partial charge < -0.3 is 26.2 Å². The van der Waals surface area contributed by atoms with Crippen molar-refractivity contribution < 1.29 is 4.79 Å². The molecule has 4 rings (SSSR count). The molecule has 9 nitrogen and oxygen atoms in total. The summed E-state index contributed by atoms with van der Waals surface area (Å²) in [5, 5.41) is 15.9. The summed E-state index contributed by atoms with van der Waals surface area (Å²) in [4.78, 5) is 25.7. The van der Waals surface area contributed by atoms with Crippen molar-refractivity contribution in [3.8, 4) is 6.07 Å². The molecule has 0 radical (unpaired) electrons. The van der Waals surface area contributed by atoms with Crippen molar-refractivity contribution in [2.45, 2.75) is 13.8 Å². The van der Waals surface area contributed by atoms with Crippen molar-refractivity contribution in [1.29, 1.82) is 5.26 Å². The van der Waals surface area contributed by atoms with Gasteiger partial charge in [-0.25, -0.2) is 4.98 Å². The van der Waals surface area contributed by atoms with Crippen LogP contribution in [-0.2, 0) is 4.79 Å². The summed E-state index contributed by atoms with van der Waals surface area (Å²) in [5.74, 6) is 0.0514. The first kappa shape index (κ1) is 24.7. The Labute approximate surface area is 211 Å². The third kappa shape index (κ3) is 5.45. The molecule has 1 aliphatic rings. The second kappa shape index (κ2) is 10.9. The summed E-state index contributed by atoms with van der Waals surface area (Å²) < 4.78 is 0. The number of piperazine rings is 1. The van der Waals surface area contributed by atoms with Gasteiger partial charge in [0.1, 0.15) is 11.6 Å². The van der Waals surface area contributed by atoms with Gasteiger partial charge in [-0.3, -0.25) is 4.79 Å². The molecule has 1 saturated heterocycles. The molecular formula is C27H30N8O. The fourth-order valence-corrected chi connectivity index (χ4v) is 4.20. The lowest BCUT2D eigenvalue weighted by Crippen LogP contribution is -2.46. The SMILES string of the molecule is C=C(C(N)=O)c1cc(N2CCN(CC)CC2)cc(C)c1Nc1ncc(C#N)c(Nc2ccccc2)n1. The van der Waals surface area contributed by atoms with E-state index in [9.17, 15) is 10.1 Å². The molecule has 0 aliphatic carbocycles. The quantitative estimate of drug-likeness (QED) is 0.415. The van der Waals surface area contributed by atoms with Gasteiger partial charge in [-0.1, -0.05) is 31.7 Å². The highest BCUT2D eigenvalue weighted by Gasteiger charge is 2.21. The highest BCUT2D eigenvalue weighted by Crippen LogP contribution is 2.34. The molecule has 0 bridgehead atoms. The number of primary amides is 1. The van der Waals surface area contributed by atoms with Crippen LogP contribution in [0.5, 0.6) is 0 Å². The Morgan fingerprint density at radius 2 is 1.89 bits per heavy atom. The van der Waals surface area contributed by atoms with Crippen molar-refractivity contribution >= 4 is 40.3 Å². The maximum Gasteiger partial charge on any atom is 0.248 e. The number of nitrogens with one attached hydrogen (secondary N) is 2. The van der Waals surface area contributed by atoms with Crippen LogP contribution in [0.25, 0.3) is 5.57 Å². The first-order chi connectivity index (χ1) is 17.4. The number of hydrogen-bond donors (Lipinski definition) is 3. The number of rotatable bonds is 8. The summed E-state index contributed by atoms with van der Waals surface area (Å²) in [5.41, 5.74) is 10.1. The van der Waals surface area contributed by atoms with E-state index in [0.29, 0.717) is 22.6 Å².